The molecule has 3 rings (SSSR count). The van der Waals surface area contributed by atoms with Crippen LogP contribution in [0.15, 0.2) is 64.4 Å². The molecule has 0 fully saturated rings. The third-order valence-corrected chi connectivity index (χ3v) is 6.27. The predicted octanol–water partition coefficient (Wildman–Crippen LogP) is 4.25. The minimum absolute atomic E-state index is 0.0880. The van der Waals surface area contributed by atoms with E-state index in [-0.39, 0.29) is 22.9 Å². The van der Waals surface area contributed by atoms with Crippen molar-refractivity contribution >= 4 is 9.84 Å². The van der Waals surface area contributed by atoms with Crippen LogP contribution in [0.4, 0.5) is 13.2 Å². The number of hydrogen-bond acceptors (Lipinski definition) is 6. The highest BCUT2D eigenvalue weighted by molar-refractivity contribution is 7.90. The number of rotatable bonds is 8. The molecule has 0 radical (unpaired) electrons. The van der Waals surface area contributed by atoms with Gasteiger partial charge in [0.15, 0.2) is 15.6 Å². The maximum Gasteiger partial charge on any atom is 0.416 e. The van der Waals surface area contributed by atoms with Gasteiger partial charge in [0, 0.05) is 11.8 Å². The van der Waals surface area contributed by atoms with Crippen molar-refractivity contribution in [2.45, 2.75) is 43.4 Å². The predicted molar refractivity (Wildman–Crippen MR) is 124 cm³/mol. The molecule has 0 unspecified atom stereocenters. The number of halogens is 3. The molecule has 7 nitrogen and oxygen atoms in total. The number of hydrogen-bond donors (Lipinski definition) is 1. The van der Waals surface area contributed by atoms with E-state index in [0.29, 0.717) is 24.0 Å². The molecule has 0 bridgehead atoms. The lowest BCUT2D eigenvalue weighted by atomic mass is 10.0. The highest BCUT2D eigenvalue weighted by atomic mass is 32.2. The molecule has 0 aliphatic rings. The molecular weight excluding hydrogens is 485 g/mol. The Balaban J connectivity index is 2.03. The summed E-state index contributed by atoms with van der Waals surface area (Å²) >= 11 is 0. The molecule has 11 heteroatoms. The summed E-state index contributed by atoms with van der Waals surface area (Å²) in [6.45, 7) is 3.38. The van der Waals surface area contributed by atoms with Crippen LogP contribution in [0, 0.1) is 0 Å². The van der Waals surface area contributed by atoms with Crippen molar-refractivity contribution in [2.75, 3.05) is 12.9 Å². The maximum absolute atomic E-state index is 13.3. The van der Waals surface area contributed by atoms with Gasteiger partial charge in [-0.15, -0.1) is 0 Å². The van der Waals surface area contributed by atoms with Gasteiger partial charge >= 0.3 is 11.7 Å². The van der Waals surface area contributed by atoms with Crippen molar-refractivity contribution in [3.8, 4) is 22.6 Å². The first-order chi connectivity index (χ1) is 16.2. The van der Waals surface area contributed by atoms with Crippen molar-refractivity contribution in [1.82, 2.24) is 9.78 Å². The maximum atomic E-state index is 13.3. The first-order valence-corrected chi connectivity index (χ1v) is 12.5. The number of aliphatic hydroxyl groups is 1. The SMILES string of the molecule is CC(C)(O)CCCOc1c(-c2ccc(S(C)(=O)=O)cc2)cnn(-c2ccc(C(F)(F)F)cc2)c1=O. The molecule has 0 saturated heterocycles. The number of benzene rings is 2. The Morgan fingerprint density at radius 1 is 1.03 bits per heavy atom. The van der Waals surface area contributed by atoms with Crippen molar-refractivity contribution in [2.24, 2.45) is 0 Å². The fourth-order valence-corrected chi connectivity index (χ4v) is 3.95. The van der Waals surface area contributed by atoms with Gasteiger partial charge < -0.3 is 9.84 Å². The van der Waals surface area contributed by atoms with E-state index >= 15 is 0 Å². The van der Waals surface area contributed by atoms with E-state index in [1.54, 1.807) is 13.8 Å². The number of aromatic nitrogens is 2. The Labute approximate surface area is 200 Å². The van der Waals surface area contributed by atoms with Gasteiger partial charge in [0.2, 0.25) is 0 Å². The van der Waals surface area contributed by atoms with Crippen LogP contribution in [0.5, 0.6) is 5.75 Å². The van der Waals surface area contributed by atoms with Gasteiger partial charge in [0.1, 0.15) is 0 Å². The van der Waals surface area contributed by atoms with Crippen molar-refractivity contribution < 1.29 is 31.4 Å². The molecule has 3 aromatic rings. The molecular formula is C24H25F3N2O5S. The van der Waals surface area contributed by atoms with Gasteiger partial charge in [-0.25, -0.2) is 8.42 Å². The lowest BCUT2D eigenvalue weighted by Gasteiger charge is -2.18. The van der Waals surface area contributed by atoms with Crippen LogP contribution in [0.25, 0.3) is 16.8 Å². The van der Waals surface area contributed by atoms with Crippen molar-refractivity contribution in [1.29, 1.82) is 0 Å². The average molecular weight is 511 g/mol. The zero-order valence-corrected chi connectivity index (χ0v) is 20.2. The van der Waals surface area contributed by atoms with Gasteiger partial charge in [-0.2, -0.15) is 23.0 Å². The molecule has 0 saturated carbocycles. The normalized spacial score (nSPS) is 12.5. The lowest BCUT2D eigenvalue weighted by molar-refractivity contribution is -0.137. The molecule has 188 valence electrons. The molecule has 0 amide bonds. The first kappa shape index (κ1) is 26.4. The van der Waals surface area contributed by atoms with Crippen molar-refractivity contribution in [3.05, 3.63) is 70.6 Å². The van der Waals surface area contributed by atoms with Crippen LogP contribution in [0.1, 0.15) is 32.3 Å². The van der Waals surface area contributed by atoms with E-state index in [1.807, 2.05) is 0 Å². The Bertz CT molecular complexity index is 1340. The molecule has 2 aromatic carbocycles. The summed E-state index contributed by atoms with van der Waals surface area (Å²) in [5, 5.41) is 14.0. The van der Waals surface area contributed by atoms with Crippen LogP contribution in [0.3, 0.4) is 0 Å². The fourth-order valence-electron chi connectivity index (χ4n) is 3.32. The zero-order valence-electron chi connectivity index (χ0n) is 19.3. The lowest BCUT2D eigenvalue weighted by Crippen LogP contribution is -2.25. The molecule has 0 aliphatic heterocycles. The smallest absolute Gasteiger partial charge is 0.416 e. The molecule has 0 spiro atoms. The van der Waals surface area contributed by atoms with E-state index in [0.717, 1.165) is 35.2 Å². The molecule has 0 atom stereocenters. The van der Waals surface area contributed by atoms with Crippen LogP contribution in [0.2, 0.25) is 0 Å². The summed E-state index contributed by atoms with van der Waals surface area (Å²) in [5.41, 5.74) is -1.60. The molecule has 0 aliphatic carbocycles. The van der Waals surface area contributed by atoms with Crippen LogP contribution in [-0.4, -0.2) is 41.8 Å². The van der Waals surface area contributed by atoms with Gasteiger partial charge in [0.05, 0.1) is 34.6 Å². The van der Waals surface area contributed by atoms with Gasteiger partial charge in [-0.1, -0.05) is 12.1 Å². The number of sulfone groups is 1. The summed E-state index contributed by atoms with van der Waals surface area (Å²) in [6.07, 6.45) is -1.28. The van der Waals surface area contributed by atoms with E-state index in [9.17, 15) is 31.5 Å². The largest absolute Gasteiger partial charge is 0.487 e. The van der Waals surface area contributed by atoms with Gasteiger partial charge in [-0.3, -0.25) is 4.79 Å². The topological polar surface area (TPSA) is 98.5 Å². The number of alkyl halides is 3. The Morgan fingerprint density at radius 2 is 1.63 bits per heavy atom. The van der Waals surface area contributed by atoms with Crippen LogP contribution >= 0.6 is 0 Å². The minimum Gasteiger partial charge on any atom is -0.487 e. The Morgan fingerprint density at radius 3 is 2.14 bits per heavy atom. The van der Waals surface area contributed by atoms with E-state index in [2.05, 4.69) is 5.10 Å². The highest BCUT2D eigenvalue weighted by Gasteiger charge is 2.30. The third kappa shape index (κ3) is 6.70. The fraction of sp³-hybridized carbons (Fsp3) is 0.333. The first-order valence-electron chi connectivity index (χ1n) is 10.6. The Hall–Kier alpha value is -3.18. The number of ether oxygens (including phenoxy) is 1. The zero-order chi connectivity index (χ0) is 26.0. The second-order valence-electron chi connectivity index (χ2n) is 8.71. The quantitative estimate of drug-likeness (QED) is 0.455. The molecule has 1 aromatic heterocycles. The molecule has 1 heterocycles. The van der Waals surface area contributed by atoms with E-state index in [1.165, 1.54) is 30.5 Å². The molecule has 1 N–H and O–H groups in total. The minimum atomic E-state index is -4.52. The molecule has 35 heavy (non-hydrogen) atoms. The average Bonchev–Trinajstić information content (AvgIpc) is 2.76. The monoisotopic (exact) mass is 510 g/mol. The van der Waals surface area contributed by atoms with Crippen LogP contribution < -0.4 is 10.3 Å². The Kier molecular flexibility index (Phi) is 7.42. The summed E-state index contributed by atoms with van der Waals surface area (Å²) in [4.78, 5) is 13.4. The second-order valence-corrected chi connectivity index (χ2v) is 10.7. The highest BCUT2D eigenvalue weighted by Crippen LogP contribution is 2.31. The summed E-state index contributed by atoms with van der Waals surface area (Å²) < 4.78 is 68.9. The summed E-state index contributed by atoms with van der Waals surface area (Å²) in [5.74, 6) is -0.0947. The van der Waals surface area contributed by atoms with Gasteiger partial charge in [-0.05, 0) is 68.7 Å². The van der Waals surface area contributed by atoms with E-state index in [4.69, 9.17) is 4.74 Å². The number of nitrogens with zero attached hydrogens (tertiary/aromatic N) is 2. The summed E-state index contributed by atoms with van der Waals surface area (Å²) in [6, 6.07) is 9.79. The van der Waals surface area contributed by atoms with Crippen molar-refractivity contribution in [3.63, 3.8) is 0 Å². The van der Waals surface area contributed by atoms with E-state index < -0.39 is 32.7 Å². The third-order valence-electron chi connectivity index (χ3n) is 5.15. The standard InChI is InChI=1S/C24H25F3N2O5S/c1-23(2,31)13-4-14-34-21-20(16-5-11-19(12-6-16)35(3,32)33)15-28-29(22(21)30)18-9-7-17(8-10-18)24(25,26)27/h5-12,15,31H,4,13-14H2,1-3H3. The van der Waals surface area contributed by atoms with Gasteiger partial charge in [0.25, 0.3) is 0 Å². The van der Waals surface area contributed by atoms with Crippen LogP contribution in [-0.2, 0) is 16.0 Å². The second kappa shape index (κ2) is 9.82. The summed E-state index contributed by atoms with van der Waals surface area (Å²) in [7, 11) is -3.42.